The minimum atomic E-state index is 0.463. The Hall–Kier alpha value is -8.86. The highest BCUT2D eigenvalue weighted by atomic mass is 32.1. The fourth-order valence-corrected chi connectivity index (χ4v) is 12.7. The van der Waals surface area contributed by atoms with Crippen LogP contribution in [0.1, 0.15) is 0 Å². The lowest BCUT2D eigenvalue weighted by atomic mass is 9.80. The van der Waals surface area contributed by atoms with Crippen LogP contribution >= 0.6 is 11.3 Å². The monoisotopic (exact) mass is 862 g/mol. The Bertz CT molecular complexity index is 4430. The SMILES string of the molecule is [C-]#[N+]c1cc([N+]#[C-])cc(-c2c3ccccc3c(-c3c4ccccc4c(-c4ccc5c(c4)c4ccccc4c4c5ccc5sc6c7ccccc7ccc6c54)c4ccccc34)c3ccccc23)c1. The van der Waals surface area contributed by atoms with Gasteiger partial charge in [-0.2, -0.15) is 0 Å². The summed E-state index contributed by atoms with van der Waals surface area (Å²) in [5.41, 5.74) is 7.62. The van der Waals surface area contributed by atoms with E-state index in [9.17, 15) is 0 Å². The fraction of sp³-hybridized carbons (Fsp3) is 0. The Morgan fingerprint density at radius 2 is 0.701 bits per heavy atom. The average Bonchev–Trinajstić information content (AvgIpc) is 3.79. The molecule has 67 heavy (non-hydrogen) atoms. The quantitative estimate of drug-likeness (QED) is 0.0951. The third-order valence-corrected chi connectivity index (χ3v) is 15.4. The van der Waals surface area contributed by atoms with E-state index in [0.29, 0.717) is 11.4 Å². The maximum absolute atomic E-state index is 7.88. The molecule has 0 amide bonds. The number of benzene rings is 13. The van der Waals surface area contributed by atoms with E-state index in [0.717, 1.165) is 32.7 Å². The largest absolute Gasteiger partial charge is 0.239 e. The molecule has 0 N–H and O–H groups in total. The van der Waals surface area contributed by atoms with Crippen molar-refractivity contribution in [1.29, 1.82) is 0 Å². The van der Waals surface area contributed by atoms with E-state index in [1.54, 1.807) is 6.07 Å². The van der Waals surface area contributed by atoms with Crippen molar-refractivity contribution in [3.05, 3.63) is 229 Å². The molecule has 1 heterocycles. The molecule has 1 aromatic heterocycles. The molecular formula is C64H34N2S. The van der Waals surface area contributed by atoms with E-state index in [2.05, 4.69) is 198 Å². The van der Waals surface area contributed by atoms with Gasteiger partial charge in [0.1, 0.15) is 0 Å². The van der Waals surface area contributed by atoms with Gasteiger partial charge < -0.3 is 0 Å². The second-order valence-electron chi connectivity index (χ2n) is 17.6. The van der Waals surface area contributed by atoms with Crippen LogP contribution in [0.2, 0.25) is 0 Å². The summed E-state index contributed by atoms with van der Waals surface area (Å²) in [6.07, 6.45) is 0. The van der Waals surface area contributed by atoms with Gasteiger partial charge in [0, 0.05) is 20.2 Å². The molecule has 0 bridgehead atoms. The van der Waals surface area contributed by atoms with E-state index in [-0.39, 0.29) is 0 Å². The summed E-state index contributed by atoms with van der Waals surface area (Å²) in [6, 6.07) is 74.9. The first kappa shape index (κ1) is 37.5. The molecule has 14 rings (SSSR count). The summed E-state index contributed by atoms with van der Waals surface area (Å²) in [5, 5.41) is 22.1. The van der Waals surface area contributed by atoms with Crippen molar-refractivity contribution in [2.45, 2.75) is 0 Å². The normalized spacial score (nSPS) is 11.9. The number of rotatable bonds is 3. The molecule has 0 aliphatic carbocycles. The Labute approximate surface area is 389 Å². The summed E-state index contributed by atoms with van der Waals surface area (Å²) < 4.78 is 2.66. The molecule has 0 saturated carbocycles. The molecule has 3 heteroatoms. The zero-order valence-electron chi connectivity index (χ0n) is 35.9. The van der Waals surface area contributed by atoms with Gasteiger partial charge in [0.15, 0.2) is 11.4 Å². The highest BCUT2D eigenvalue weighted by Gasteiger charge is 2.24. The van der Waals surface area contributed by atoms with Crippen LogP contribution in [-0.4, -0.2) is 0 Å². The smallest absolute Gasteiger partial charge is 0.177 e. The van der Waals surface area contributed by atoms with E-state index >= 15 is 0 Å². The third-order valence-electron chi connectivity index (χ3n) is 14.2. The predicted octanol–water partition coefficient (Wildman–Crippen LogP) is 19.4. The molecule has 0 unspecified atom stereocenters. The first-order valence-corrected chi connectivity index (χ1v) is 23.4. The molecule has 2 nitrogen and oxygen atoms in total. The number of nitrogens with zero attached hydrogens (tertiary/aromatic N) is 2. The van der Waals surface area contributed by atoms with Gasteiger partial charge in [-0.1, -0.05) is 194 Å². The van der Waals surface area contributed by atoms with Crippen LogP contribution in [-0.2, 0) is 0 Å². The van der Waals surface area contributed by atoms with Gasteiger partial charge in [-0.15, -0.1) is 11.3 Å². The van der Waals surface area contributed by atoms with E-state index < -0.39 is 0 Å². The lowest BCUT2D eigenvalue weighted by Gasteiger charge is -2.22. The Morgan fingerprint density at radius 3 is 1.25 bits per heavy atom. The van der Waals surface area contributed by atoms with Gasteiger partial charge in [0.25, 0.3) is 0 Å². The zero-order chi connectivity index (χ0) is 44.3. The Morgan fingerprint density at radius 1 is 0.284 bits per heavy atom. The minimum Gasteiger partial charge on any atom is -0.239 e. The molecule has 13 aromatic carbocycles. The molecule has 0 atom stereocenters. The number of thiophene rings is 1. The summed E-state index contributed by atoms with van der Waals surface area (Å²) in [6.45, 7) is 15.8. The van der Waals surface area contributed by atoms with Gasteiger partial charge in [-0.3, -0.25) is 0 Å². The summed E-state index contributed by atoms with van der Waals surface area (Å²) >= 11 is 1.91. The zero-order valence-corrected chi connectivity index (χ0v) is 36.7. The summed E-state index contributed by atoms with van der Waals surface area (Å²) in [7, 11) is 0. The lowest BCUT2D eigenvalue weighted by molar-refractivity contribution is 1.67. The number of fused-ring (bicyclic) bond motifs is 16. The number of hydrogen-bond acceptors (Lipinski definition) is 1. The molecular weight excluding hydrogens is 829 g/mol. The van der Waals surface area contributed by atoms with Gasteiger partial charge in [0.2, 0.25) is 0 Å². The van der Waals surface area contributed by atoms with Crippen LogP contribution in [0.3, 0.4) is 0 Å². The van der Waals surface area contributed by atoms with Gasteiger partial charge >= 0.3 is 0 Å². The molecule has 0 radical (unpaired) electrons. The highest BCUT2D eigenvalue weighted by Crippen LogP contribution is 2.52. The van der Waals surface area contributed by atoms with Crippen LogP contribution in [0.25, 0.3) is 149 Å². The molecule has 0 aliphatic heterocycles. The van der Waals surface area contributed by atoms with Crippen LogP contribution in [0.4, 0.5) is 11.4 Å². The first-order valence-electron chi connectivity index (χ1n) is 22.6. The fourth-order valence-electron chi connectivity index (χ4n) is 11.5. The molecule has 0 aliphatic rings. The van der Waals surface area contributed by atoms with Crippen molar-refractivity contribution < 1.29 is 0 Å². The maximum Gasteiger partial charge on any atom is 0.177 e. The Kier molecular flexibility index (Phi) is 8.02. The second kappa shape index (κ2) is 14.3. The molecule has 0 fully saturated rings. The molecule has 14 aromatic rings. The molecule has 306 valence electrons. The standard InChI is InChI=1S/C64H34N2S/c1-65-40-33-39(34-41(36-40)66-2)59-48-21-9-13-25-52(48)61(53-26-14-10-22-49(53)59)60-50-23-11-7-19-46(50)58(47-20-8-12-24-51(47)60)38-28-29-44-54-31-32-57-63(62(54)45-18-6-5-17-43(45)56(44)35-38)55-30-27-37-15-3-4-16-42(37)64(55)67-57/h3-36H. The summed E-state index contributed by atoms with van der Waals surface area (Å²) in [5.74, 6) is 0. The first-order chi connectivity index (χ1) is 33.2. The predicted molar refractivity (Wildman–Crippen MR) is 288 cm³/mol. The van der Waals surface area contributed by atoms with Gasteiger partial charge in [-0.05, 0) is 132 Å². The van der Waals surface area contributed by atoms with Gasteiger partial charge in [0.05, 0.1) is 13.1 Å². The van der Waals surface area contributed by atoms with Crippen molar-refractivity contribution in [3.63, 3.8) is 0 Å². The second-order valence-corrected chi connectivity index (χ2v) is 18.6. The molecule has 0 saturated heterocycles. The van der Waals surface area contributed by atoms with Crippen molar-refractivity contribution in [3.8, 4) is 33.4 Å². The topological polar surface area (TPSA) is 8.72 Å². The van der Waals surface area contributed by atoms with Crippen molar-refractivity contribution in [2.75, 3.05) is 0 Å². The maximum atomic E-state index is 7.88. The van der Waals surface area contributed by atoms with E-state index in [1.165, 1.54) is 107 Å². The Balaban J connectivity index is 1.06. The van der Waals surface area contributed by atoms with Crippen molar-refractivity contribution in [2.24, 2.45) is 0 Å². The van der Waals surface area contributed by atoms with Crippen LogP contribution in [0.5, 0.6) is 0 Å². The molecule has 0 spiro atoms. The summed E-state index contributed by atoms with van der Waals surface area (Å²) in [4.78, 5) is 7.54. The third kappa shape index (κ3) is 5.35. The average molecular weight is 863 g/mol. The van der Waals surface area contributed by atoms with Crippen LogP contribution < -0.4 is 0 Å². The van der Waals surface area contributed by atoms with Crippen molar-refractivity contribution in [1.82, 2.24) is 0 Å². The highest BCUT2D eigenvalue weighted by molar-refractivity contribution is 7.27. The van der Waals surface area contributed by atoms with Crippen molar-refractivity contribution >= 4 is 129 Å². The van der Waals surface area contributed by atoms with Crippen LogP contribution in [0, 0.1) is 13.1 Å². The lowest BCUT2D eigenvalue weighted by Crippen LogP contribution is -1.95. The van der Waals surface area contributed by atoms with E-state index in [4.69, 9.17) is 13.1 Å². The van der Waals surface area contributed by atoms with E-state index in [1.807, 2.05) is 23.5 Å². The number of hydrogen-bond donors (Lipinski definition) is 0. The van der Waals surface area contributed by atoms with Crippen LogP contribution in [0.15, 0.2) is 206 Å². The van der Waals surface area contributed by atoms with Gasteiger partial charge in [-0.25, -0.2) is 9.69 Å². The minimum absolute atomic E-state index is 0.463.